The van der Waals surface area contributed by atoms with E-state index in [1.807, 2.05) is 31.2 Å². The van der Waals surface area contributed by atoms with E-state index in [0.717, 1.165) is 43.1 Å². The number of carbonyl (C=O) groups excluding carboxylic acids is 1. The Kier molecular flexibility index (Phi) is 8.14. The van der Waals surface area contributed by atoms with Gasteiger partial charge in [0.1, 0.15) is 5.75 Å². The van der Waals surface area contributed by atoms with Gasteiger partial charge in [-0.25, -0.2) is 0 Å². The summed E-state index contributed by atoms with van der Waals surface area (Å²) in [4.78, 5) is 14.5. The summed E-state index contributed by atoms with van der Waals surface area (Å²) in [6, 6.07) is 14.2. The highest BCUT2D eigenvalue weighted by Gasteiger charge is 2.08. The van der Waals surface area contributed by atoms with Crippen molar-refractivity contribution in [3.63, 3.8) is 0 Å². The van der Waals surface area contributed by atoms with Gasteiger partial charge in [-0.1, -0.05) is 12.1 Å². The Morgan fingerprint density at radius 3 is 2.56 bits per heavy atom. The van der Waals surface area contributed by atoms with Crippen molar-refractivity contribution in [3.05, 3.63) is 53.6 Å². The van der Waals surface area contributed by atoms with Crippen molar-refractivity contribution in [1.29, 1.82) is 0 Å². The van der Waals surface area contributed by atoms with Crippen LogP contribution >= 0.6 is 0 Å². The molecule has 1 amide bonds. The Bertz CT molecular complexity index is 742. The molecule has 0 radical (unpaired) electrons. The van der Waals surface area contributed by atoms with Gasteiger partial charge in [0.05, 0.1) is 13.7 Å². The fraction of sp³-hybridized carbons (Fsp3) is 0.409. The summed E-state index contributed by atoms with van der Waals surface area (Å²) in [5, 5.41) is 6.19. The zero-order valence-electron chi connectivity index (χ0n) is 16.8. The van der Waals surface area contributed by atoms with Gasteiger partial charge in [-0.05, 0) is 75.2 Å². The molecule has 2 aromatic rings. The SMILES string of the molecule is CCN(CC)c1ccc(NC(=O)CNCCc2cccc(OC)c2)c(C)c1. The van der Waals surface area contributed by atoms with E-state index in [2.05, 4.69) is 47.6 Å². The smallest absolute Gasteiger partial charge is 0.238 e. The highest BCUT2D eigenvalue weighted by molar-refractivity contribution is 5.93. The highest BCUT2D eigenvalue weighted by Crippen LogP contribution is 2.22. The van der Waals surface area contributed by atoms with E-state index in [1.165, 1.54) is 11.3 Å². The van der Waals surface area contributed by atoms with Crippen LogP contribution in [0, 0.1) is 6.92 Å². The quantitative estimate of drug-likeness (QED) is 0.628. The van der Waals surface area contributed by atoms with Gasteiger partial charge >= 0.3 is 0 Å². The first-order valence-electron chi connectivity index (χ1n) is 9.56. The number of nitrogens with one attached hydrogen (secondary N) is 2. The number of anilines is 2. The van der Waals surface area contributed by atoms with Crippen LogP contribution in [0.5, 0.6) is 5.75 Å². The number of methoxy groups -OCH3 is 1. The largest absolute Gasteiger partial charge is 0.497 e. The van der Waals surface area contributed by atoms with Crippen LogP contribution in [-0.4, -0.2) is 39.2 Å². The van der Waals surface area contributed by atoms with Crippen molar-refractivity contribution in [2.45, 2.75) is 27.2 Å². The number of hydrogen-bond acceptors (Lipinski definition) is 4. The second-order valence-corrected chi connectivity index (χ2v) is 6.50. The normalized spacial score (nSPS) is 10.5. The van der Waals surface area contributed by atoms with Crippen LogP contribution < -0.4 is 20.3 Å². The number of aryl methyl sites for hydroxylation is 1. The van der Waals surface area contributed by atoms with Crippen LogP contribution in [0.2, 0.25) is 0 Å². The van der Waals surface area contributed by atoms with Gasteiger partial charge in [-0.3, -0.25) is 4.79 Å². The molecule has 2 N–H and O–H groups in total. The Hall–Kier alpha value is -2.53. The molecule has 0 atom stereocenters. The fourth-order valence-electron chi connectivity index (χ4n) is 3.03. The molecule has 0 saturated carbocycles. The highest BCUT2D eigenvalue weighted by atomic mass is 16.5. The first-order chi connectivity index (χ1) is 13.1. The van der Waals surface area contributed by atoms with Crippen LogP contribution in [0.15, 0.2) is 42.5 Å². The summed E-state index contributed by atoms with van der Waals surface area (Å²) in [5.74, 6) is 0.827. The van der Waals surface area contributed by atoms with Crippen molar-refractivity contribution < 1.29 is 9.53 Å². The van der Waals surface area contributed by atoms with Gasteiger partial charge in [0.15, 0.2) is 0 Å². The Morgan fingerprint density at radius 2 is 1.89 bits per heavy atom. The molecular weight excluding hydrogens is 338 g/mol. The number of ether oxygens (including phenoxy) is 1. The Labute approximate surface area is 162 Å². The molecule has 2 aromatic carbocycles. The Balaban J connectivity index is 1.80. The summed E-state index contributed by atoms with van der Waals surface area (Å²) in [6.07, 6.45) is 0.849. The molecule has 0 aromatic heterocycles. The lowest BCUT2D eigenvalue weighted by Gasteiger charge is -2.22. The molecule has 0 spiro atoms. The van der Waals surface area contributed by atoms with Crippen molar-refractivity contribution >= 4 is 17.3 Å². The molecule has 0 saturated heterocycles. The summed E-state index contributed by atoms with van der Waals surface area (Å²) in [7, 11) is 1.66. The number of nitrogens with zero attached hydrogens (tertiary/aromatic N) is 1. The fourth-order valence-corrected chi connectivity index (χ4v) is 3.03. The lowest BCUT2D eigenvalue weighted by atomic mass is 10.1. The van der Waals surface area contributed by atoms with E-state index < -0.39 is 0 Å². The maximum Gasteiger partial charge on any atom is 0.238 e. The molecule has 0 aliphatic heterocycles. The van der Waals surface area contributed by atoms with E-state index in [4.69, 9.17) is 4.74 Å². The van der Waals surface area contributed by atoms with Crippen LogP contribution in [0.4, 0.5) is 11.4 Å². The predicted octanol–water partition coefficient (Wildman–Crippen LogP) is 3.62. The van der Waals surface area contributed by atoms with Gasteiger partial charge in [-0.15, -0.1) is 0 Å². The van der Waals surface area contributed by atoms with Gasteiger partial charge in [0.25, 0.3) is 0 Å². The maximum atomic E-state index is 12.2. The topological polar surface area (TPSA) is 53.6 Å². The monoisotopic (exact) mass is 369 g/mol. The third-order valence-electron chi connectivity index (χ3n) is 4.62. The third kappa shape index (κ3) is 6.29. The maximum absolute atomic E-state index is 12.2. The number of rotatable bonds is 10. The summed E-state index contributed by atoms with van der Waals surface area (Å²) < 4.78 is 5.23. The second-order valence-electron chi connectivity index (χ2n) is 6.50. The van der Waals surface area contributed by atoms with Crippen LogP contribution in [0.3, 0.4) is 0 Å². The molecule has 0 aliphatic carbocycles. The van der Waals surface area contributed by atoms with E-state index in [1.54, 1.807) is 7.11 Å². The van der Waals surface area contributed by atoms with Crippen LogP contribution in [-0.2, 0) is 11.2 Å². The minimum Gasteiger partial charge on any atom is -0.497 e. The molecule has 0 fully saturated rings. The lowest BCUT2D eigenvalue weighted by Crippen LogP contribution is -2.29. The molecule has 5 nitrogen and oxygen atoms in total. The molecule has 0 aliphatic rings. The van der Waals surface area contributed by atoms with Gasteiger partial charge in [0.2, 0.25) is 5.91 Å². The average molecular weight is 370 g/mol. The summed E-state index contributed by atoms with van der Waals surface area (Å²) >= 11 is 0. The zero-order valence-corrected chi connectivity index (χ0v) is 16.8. The van der Waals surface area contributed by atoms with E-state index >= 15 is 0 Å². The van der Waals surface area contributed by atoms with Crippen molar-refractivity contribution in [1.82, 2.24) is 5.32 Å². The first-order valence-corrected chi connectivity index (χ1v) is 9.56. The molecule has 2 rings (SSSR count). The predicted molar refractivity (Wildman–Crippen MR) is 113 cm³/mol. The molecule has 0 heterocycles. The van der Waals surface area contributed by atoms with Crippen molar-refractivity contribution in [2.24, 2.45) is 0 Å². The Morgan fingerprint density at radius 1 is 1.11 bits per heavy atom. The van der Waals surface area contributed by atoms with Gasteiger partial charge < -0.3 is 20.3 Å². The van der Waals surface area contributed by atoms with Gasteiger partial charge in [-0.2, -0.15) is 0 Å². The minimum atomic E-state index is -0.0284. The second kappa shape index (κ2) is 10.6. The number of carbonyl (C=O) groups is 1. The van der Waals surface area contributed by atoms with Crippen LogP contribution in [0.25, 0.3) is 0 Å². The zero-order chi connectivity index (χ0) is 19.6. The molecular formula is C22H31N3O2. The first kappa shape index (κ1) is 20.8. The third-order valence-corrected chi connectivity index (χ3v) is 4.62. The average Bonchev–Trinajstić information content (AvgIpc) is 2.68. The lowest BCUT2D eigenvalue weighted by molar-refractivity contribution is -0.115. The summed E-state index contributed by atoms with van der Waals surface area (Å²) in [5.41, 5.74) is 4.31. The number of benzene rings is 2. The summed E-state index contributed by atoms with van der Waals surface area (Å²) in [6.45, 7) is 9.29. The molecule has 0 bridgehead atoms. The standard InChI is InChI=1S/C22H31N3O2/c1-5-25(6-2)19-10-11-21(17(3)14-19)24-22(26)16-23-13-12-18-8-7-9-20(15-18)27-4/h7-11,14-15,23H,5-6,12-13,16H2,1-4H3,(H,24,26). The van der Waals surface area contributed by atoms with Crippen molar-refractivity contribution in [2.75, 3.05) is 43.5 Å². The van der Waals surface area contributed by atoms with E-state index in [9.17, 15) is 4.79 Å². The molecule has 146 valence electrons. The van der Waals surface area contributed by atoms with Crippen LogP contribution in [0.1, 0.15) is 25.0 Å². The van der Waals surface area contributed by atoms with E-state index in [-0.39, 0.29) is 5.91 Å². The minimum absolute atomic E-state index is 0.0284. The molecule has 0 unspecified atom stereocenters. The number of hydrogen-bond donors (Lipinski definition) is 2. The molecule has 27 heavy (non-hydrogen) atoms. The molecule has 5 heteroatoms. The van der Waals surface area contributed by atoms with Crippen molar-refractivity contribution in [3.8, 4) is 5.75 Å². The van der Waals surface area contributed by atoms with Gasteiger partial charge in [0, 0.05) is 24.5 Å². The number of amides is 1. The van der Waals surface area contributed by atoms with E-state index in [0.29, 0.717) is 6.54 Å².